The molecular formula is C18H24ClN5O2. The van der Waals surface area contributed by atoms with Crippen molar-refractivity contribution in [3.8, 4) is 11.5 Å². The monoisotopic (exact) mass is 377 g/mol. The summed E-state index contributed by atoms with van der Waals surface area (Å²) in [5.41, 5.74) is 1.74. The lowest BCUT2D eigenvalue weighted by molar-refractivity contribution is 0.394. The van der Waals surface area contributed by atoms with Crippen molar-refractivity contribution in [1.82, 2.24) is 9.97 Å². The zero-order chi connectivity index (χ0) is 18.5. The third-order valence-corrected chi connectivity index (χ3v) is 4.76. The molecule has 140 valence electrons. The van der Waals surface area contributed by atoms with Gasteiger partial charge in [0.15, 0.2) is 11.0 Å². The molecule has 7 nitrogen and oxygen atoms in total. The highest BCUT2D eigenvalue weighted by Crippen LogP contribution is 2.32. The zero-order valence-electron chi connectivity index (χ0n) is 15.3. The number of methoxy groups -OCH3 is 2. The van der Waals surface area contributed by atoms with Crippen LogP contribution in [0.2, 0.25) is 5.15 Å². The third-order valence-electron chi connectivity index (χ3n) is 4.47. The van der Waals surface area contributed by atoms with E-state index in [1.165, 1.54) is 6.33 Å². The maximum atomic E-state index is 6.20. The Kier molecular flexibility index (Phi) is 5.88. The first-order valence-electron chi connectivity index (χ1n) is 8.57. The topological polar surface area (TPSA) is 71.5 Å². The molecule has 1 unspecified atom stereocenters. The Morgan fingerprint density at radius 2 is 1.88 bits per heavy atom. The van der Waals surface area contributed by atoms with E-state index in [4.69, 9.17) is 21.1 Å². The average molecular weight is 378 g/mol. The summed E-state index contributed by atoms with van der Waals surface area (Å²) >= 11 is 6.20. The highest BCUT2D eigenvalue weighted by molar-refractivity contribution is 6.32. The van der Waals surface area contributed by atoms with E-state index in [9.17, 15) is 0 Å². The van der Waals surface area contributed by atoms with Gasteiger partial charge in [0.2, 0.25) is 0 Å². The normalized spacial score (nSPS) is 16.9. The fourth-order valence-corrected chi connectivity index (χ4v) is 3.45. The van der Waals surface area contributed by atoms with E-state index < -0.39 is 0 Å². The molecule has 0 saturated carbocycles. The third kappa shape index (κ3) is 4.04. The van der Waals surface area contributed by atoms with Crippen LogP contribution in [-0.2, 0) is 0 Å². The van der Waals surface area contributed by atoms with Crippen LogP contribution in [0, 0.1) is 0 Å². The van der Waals surface area contributed by atoms with Crippen molar-refractivity contribution in [3.63, 3.8) is 0 Å². The predicted octanol–water partition coefficient (Wildman–Crippen LogP) is 3.27. The fraction of sp³-hybridized carbons (Fsp3) is 0.444. The van der Waals surface area contributed by atoms with Gasteiger partial charge < -0.3 is 25.0 Å². The zero-order valence-corrected chi connectivity index (χ0v) is 16.0. The van der Waals surface area contributed by atoms with Crippen LogP contribution in [-0.4, -0.2) is 50.4 Å². The van der Waals surface area contributed by atoms with Crippen LogP contribution in [0.15, 0.2) is 24.5 Å². The molecule has 2 aromatic rings. The van der Waals surface area contributed by atoms with Gasteiger partial charge in [0.1, 0.15) is 23.5 Å². The summed E-state index contributed by atoms with van der Waals surface area (Å²) in [5, 5.41) is 7.12. The molecule has 1 aliphatic heterocycles. The van der Waals surface area contributed by atoms with Crippen LogP contribution in [0.1, 0.15) is 12.8 Å². The fourth-order valence-electron chi connectivity index (χ4n) is 3.22. The number of hydrogen-bond donors (Lipinski definition) is 2. The number of halogens is 1. The minimum absolute atomic E-state index is 0.277. The Morgan fingerprint density at radius 3 is 2.54 bits per heavy atom. The van der Waals surface area contributed by atoms with Crippen LogP contribution in [0.5, 0.6) is 11.5 Å². The maximum absolute atomic E-state index is 6.20. The molecule has 0 aliphatic carbocycles. The standard InChI is InChI=1S/C18H24ClN5O2/c1-20-16-17(19)21-11-22-18(16)24-6-4-5-12(10-24)23-13-7-14(25-2)9-15(8-13)26-3/h7-9,11-12,20,23H,4-6,10H2,1-3H3. The molecule has 0 radical (unpaired) electrons. The van der Waals surface area contributed by atoms with Gasteiger partial charge in [-0.15, -0.1) is 0 Å². The minimum atomic E-state index is 0.277. The first kappa shape index (κ1) is 18.4. The Bertz CT molecular complexity index is 736. The molecule has 3 rings (SSSR count). The Balaban J connectivity index is 1.76. The van der Waals surface area contributed by atoms with E-state index in [0.29, 0.717) is 5.15 Å². The summed E-state index contributed by atoms with van der Waals surface area (Å²) < 4.78 is 10.7. The van der Waals surface area contributed by atoms with Crippen molar-refractivity contribution >= 4 is 28.8 Å². The van der Waals surface area contributed by atoms with Crippen molar-refractivity contribution in [3.05, 3.63) is 29.7 Å². The first-order valence-corrected chi connectivity index (χ1v) is 8.95. The molecule has 2 N–H and O–H groups in total. The summed E-state index contributed by atoms with van der Waals surface area (Å²) in [7, 11) is 5.13. The molecule has 1 saturated heterocycles. The van der Waals surface area contributed by atoms with Gasteiger partial charge in [0.05, 0.1) is 14.2 Å². The summed E-state index contributed by atoms with van der Waals surface area (Å²) in [6, 6.07) is 6.09. The summed E-state index contributed by atoms with van der Waals surface area (Å²) in [6.07, 6.45) is 3.63. The number of rotatable bonds is 6. The van der Waals surface area contributed by atoms with E-state index in [-0.39, 0.29) is 6.04 Å². The number of ether oxygens (including phenoxy) is 2. The molecule has 1 fully saturated rings. The van der Waals surface area contributed by atoms with E-state index in [1.807, 2.05) is 25.2 Å². The molecule has 0 bridgehead atoms. The van der Waals surface area contributed by atoms with Crippen LogP contribution >= 0.6 is 11.6 Å². The second-order valence-corrected chi connectivity index (χ2v) is 6.50. The Morgan fingerprint density at radius 1 is 1.15 bits per heavy atom. The van der Waals surface area contributed by atoms with Crippen LogP contribution in [0.25, 0.3) is 0 Å². The lowest BCUT2D eigenvalue weighted by Crippen LogP contribution is -2.42. The lowest BCUT2D eigenvalue weighted by atomic mass is 10.0. The van der Waals surface area contributed by atoms with Crippen molar-refractivity contribution in [2.45, 2.75) is 18.9 Å². The van der Waals surface area contributed by atoms with E-state index in [0.717, 1.165) is 54.6 Å². The molecule has 2 heterocycles. The number of nitrogens with zero attached hydrogens (tertiary/aromatic N) is 3. The van der Waals surface area contributed by atoms with E-state index in [1.54, 1.807) is 14.2 Å². The SMILES string of the molecule is CNc1c(Cl)ncnc1N1CCCC(Nc2cc(OC)cc(OC)c2)C1. The molecule has 26 heavy (non-hydrogen) atoms. The van der Waals surface area contributed by atoms with Crippen LogP contribution in [0.4, 0.5) is 17.2 Å². The molecule has 0 amide bonds. The molecule has 8 heteroatoms. The second-order valence-electron chi connectivity index (χ2n) is 6.14. The van der Waals surface area contributed by atoms with E-state index >= 15 is 0 Å². The number of nitrogens with one attached hydrogen (secondary N) is 2. The van der Waals surface area contributed by atoms with Crippen molar-refractivity contribution in [1.29, 1.82) is 0 Å². The van der Waals surface area contributed by atoms with Gasteiger partial charge >= 0.3 is 0 Å². The highest BCUT2D eigenvalue weighted by atomic mass is 35.5. The predicted molar refractivity (Wildman–Crippen MR) is 105 cm³/mol. The van der Waals surface area contributed by atoms with Crippen LogP contribution < -0.4 is 25.0 Å². The Labute approximate surface area is 158 Å². The van der Waals surface area contributed by atoms with E-state index in [2.05, 4.69) is 25.5 Å². The highest BCUT2D eigenvalue weighted by Gasteiger charge is 2.24. The summed E-state index contributed by atoms with van der Waals surface area (Å²) in [4.78, 5) is 10.7. The number of hydrogen-bond acceptors (Lipinski definition) is 7. The maximum Gasteiger partial charge on any atom is 0.157 e. The van der Waals surface area contributed by atoms with Crippen molar-refractivity contribution < 1.29 is 9.47 Å². The molecular weight excluding hydrogens is 354 g/mol. The largest absolute Gasteiger partial charge is 0.497 e. The minimum Gasteiger partial charge on any atom is -0.497 e. The molecule has 1 aromatic heterocycles. The van der Waals surface area contributed by atoms with Crippen molar-refractivity contribution in [2.75, 3.05) is 49.9 Å². The Hall–Kier alpha value is -2.41. The number of piperidine rings is 1. The van der Waals surface area contributed by atoms with Gasteiger partial charge in [0.25, 0.3) is 0 Å². The van der Waals surface area contributed by atoms with Gasteiger partial charge in [-0.2, -0.15) is 0 Å². The lowest BCUT2D eigenvalue weighted by Gasteiger charge is -2.35. The van der Waals surface area contributed by atoms with Gasteiger partial charge in [-0.3, -0.25) is 0 Å². The van der Waals surface area contributed by atoms with Gasteiger partial charge in [-0.1, -0.05) is 11.6 Å². The summed E-state index contributed by atoms with van der Waals surface area (Å²) in [6.45, 7) is 1.75. The first-order chi connectivity index (χ1) is 12.6. The number of aromatic nitrogens is 2. The van der Waals surface area contributed by atoms with Gasteiger partial charge in [0, 0.05) is 50.1 Å². The molecule has 1 aromatic carbocycles. The van der Waals surface area contributed by atoms with Gasteiger partial charge in [-0.25, -0.2) is 9.97 Å². The van der Waals surface area contributed by atoms with Gasteiger partial charge in [-0.05, 0) is 12.8 Å². The quantitative estimate of drug-likeness (QED) is 0.748. The van der Waals surface area contributed by atoms with Crippen molar-refractivity contribution in [2.24, 2.45) is 0 Å². The summed E-state index contributed by atoms with van der Waals surface area (Å²) in [5.74, 6) is 2.36. The smallest absolute Gasteiger partial charge is 0.157 e. The molecule has 0 spiro atoms. The number of benzene rings is 1. The van der Waals surface area contributed by atoms with Crippen LogP contribution in [0.3, 0.4) is 0 Å². The average Bonchev–Trinajstić information content (AvgIpc) is 2.67. The molecule has 1 aliphatic rings. The number of anilines is 3. The second kappa shape index (κ2) is 8.31. The molecule has 1 atom stereocenters.